The summed E-state index contributed by atoms with van der Waals surface area (Å²) in [4.78, 5) is 15.7. The lowest BCUT2D eigenvalue weighted by molar-refractivity contribution is 0.621. The molecule has 0 aromatic carbocycles. The van der Waals surface area contributed by atoms with Gasteiger partial charge in [0.15, 0.2) is 0 Å². The summed E-state index contributed by atoms with van der Waals surface area (Å²) in [6, 6.07) is 5.27. The molecule has 0 fully saturated rings. The minimum Gasteiger partial charge on any atom is -0.326 e. The number of nitrogens with two attached hydrogens (primary N) is 1. The molecule has 2 heterocycles. The summed E-state index contributed by atoms with van der Waals surface area (Å²) in [5, 5.41) is 4.24. The first-order chi connectivity index (χ1) is 8.20. The smallest absolute Gasteiger partial charge is 0.267 e. The zero-order valence-corrected chi connectivity index (χ0v) is 9.63. The van der Waals surface area contributed by atoms with E-state index in [1.165, 1.54) is 4.68 Å². The molecule has 0 unspecified atom stereocenters. The summed E-state index contributed by atoms with van der Waals surface area (Å²) in [7, 11) is 0. The van der Waals surface area contributed by atoms with E-state index < -0.39 is 0 Å². The summed E-state index contributed by atoms with van der Waals surface area (Å²) in [5.41, 5.74) is 7.97. The van der Waals surface area contributed by atoms with Gasteiger partial charge in [0.2, 0.25) is 0 Å². The van der Waals surface area contributed by atoms with Gasteiger partial charge in [0.05, 0.1) is 12.2 Å². The molecule has 0 aliphatic heterocycles. The maximum Gasteiger partial charge on any atom is 0.267 e. The summed E-state index contributed by atoms with van der Waals surface area (Å²) in [5.74, 6) is 0. The van der Waals surface area contributed by atoms with Crippen molar-refractivity contribution in [2.75, 3.05) is 0 Å². The zero-order valence-electron chi connectivity index (χ0n) is 9.63. The third-order valence-electron chi connectivity index (χ3n) is 2.59. The van der Waals surface area contributed by atoms with Gasteiger partial charge in [-0.2, -0.15) is 5.10 Å². The van der Waals surface area contributed by atoms with Gasteiger partial charge in [-0.3, -0.25) is 9.78 Å². The van der Waals surface area contributed by atoms with Crippen molar-refractivity contribution in [2.24, 2.45) is 5.73 Å². The minimum atomic E-state index is -0.132. The molecule has 0 atom stereocenters. The highest BCUT2D eigenvalue weighted by molar-refractivity contribution is 5.17. The third kappa shape index (κ3) is 2.57. The van der Waals surface area contributed by atoms with E-state index in [1.54, 1.807) is 18.5 Å². The number of rotatable bonds is 3. The van der Waals surface area contributed by atoms with Crippen molar-refractivity contribution in [3.8, 4) is 0 Å². The molecule has 2 aromatic heterocycles. The Labute approximate surface area is 98.9 Å². The lowest BCUT2D eigenvalue weighted by Gasteiger charge is -2.07. The van der Waals surface area contributed by atoms with Gasteiger partial charge in [0.25, 0.3) is 5.56 Å². The fourth-order valence-corrected chi connectivity index (χ4v) is 1.60. The molecule has 5 heteroatoms. The van der Waals surface area contributed by atoms with E-state index in [9.17, 15) is 4.79 Å². The van der Waals surface area contributed by atoms with Gasteiger partial charge in [-0.15, -0.1) is 0 Å². The Morgan fingerprint density at radius 3 is 2.71 bits per heavy atom. The molecule has 17 heavy (non-hydrogen) atoms. The molecule has 2 N–H and O–H groups in total. The Hall–Kier alpha value is -2.01. The minimum absolute atomic E-state index is 0.132. The first kappa shape index (κ1) is 11.5. The highest BCUT2D eigenvalue weighted by atomic mass is 16.1. The fraction of sp³-hybridized carbons (Fsp3) is 0.250. The molecule has 0 spiro atoms. The SMILES string of the molecule is Cc1nn(Cc2ccncc2)c(=O)cc1CN. The van der Waals surface area contributed by atoms with Gasteiger partial charge < -0.3 is 5.73 Å². The predicted molar refractivity (Wildman–Crippen MR) is 64.5 cm³/mol. The monoisotopic (exact) mass is 230 g/mol. The van der Waals surface area contributed by atoms with Crippen LogP contribution in [-0.4, -0.2) is 14.8 Å². The van der Waals surface area contributed by atoms with Crippen molar-refractivity contribution in [3.63, 3.8) is 0 Å². The molecule has 0 aliphatic carbocycles. The molecule has 0 saturated carbocycles. The van der Waals surface area contributed by atoms with Crippen LogP contribution in [0.15, 0.2) is 35.4 Å². The molecule has 0 amide bonds. The van der Waals surface area contributed by atoms with Gasteiger partial charge in [-0.25, -0.2) is 4.68 Å². The van der Waals surface area contributed by atoms with Gasteiger partial charge in [-0.05, 0) is 30.2 Å². The van der Waals surface area contributed by atoms with Crippen LogP contribution in [-0.2, 0) is 13.1 Å². The van der Waals surface area contributed by atoms with Crippen LogP contribution in [0.3, 0.4) is 0 Å². The second-order valence-electron chi connectivity index (χ2n) is 3.81. The third-order valence-corrected chi connectivity index (χ3v) is 2.59. The van der Waals surface area contributed by atoms with E-state index in [0.29, 0.717) is 13.1 Å². The summed E-state index contributed by atoms with van der Waals surface area (Å²) in [6.45, 7) is 2.64. The largest absolute Gasteiger partial charge is 0.326 e. The van der Waals surface area contributed by atoms with Gasteiger partial charge in [0.1, 0.15) is 0 Å². The second-order valence-corrected chi connectivity index (χ2v) is 3.81. The maximum absolute atomic E-state index is 11.8. The first-order valence-corrected chi connectivity index (χ1v) is 5.37. The van der Waals surface area contributed by atoms with Crippen LogP contribution in [0.1, 0.15) is 16.8 Å². The molecule has 88 valence electrons. The molecule has 2 rings (SSSR count). The molecule has 0 saturated heterocycles. The molecule has 2 aromatic rings. The van der Waals surface area contributed by atoms with E-state index >= 15 is 0 Å². The number of nitrogens with zero attached hydrogens (tertiary/aromatic N) is 3. The Balaban J connectivity index is 2.34. The van der Waals surface area contributed by atoms with Crippen LogP contribution in [0.2, 0.25) is 0 Å². The predicted octanol–water partition coefficient (Wildman–Crippen LogP) is 0.454. The van der Waals surface area contributed by atoms with E-state index in [0.717, 1.165) is 16.8 Å². The molecule has 0 radical (unpaired) electrons. The molecular weight excluding hydrogens is 216 g/mol. The Morgan fingerprint density at radius 1 is 1.35 bits per heavy atom. The van der Waals surface area contributed by atoms with Crippen molar-refractivity contribution in [1.29, 1.82) is 0 Å². The molecular formula is C12H14N4O. The lowest BCUT2D eigenvalue weighted by atomic mass is 10.2. The second kappa shape index (κ2) is 4.88. The van der Waals surface area contributed by atoms with Crippen molar-refractivity contribution < 1.29 is 0 Å². The number of pyridine rings is 1. The highest BCUT2D eigenvalue weighted by Gasteiger charge is 2.04. The number of aromatic nitrogens is 3. The highest BCUT2D eigenvalue weighted by Crippen LogP contribution is 2.01. The number of hydrogen-bond donors (Lipinski definition) is 1. The Morgan fingerprint density at radius 2 is 2.06 bits per heavy atom. The molecule has 0 aliphatic rings. The van der Waals surface area contributed by atoms with E-state index in [2.05, 4.69) is 10.1 Å². The average Bonchev–Trinajstić information content (AvgIpc) is 2.34. The average molecular weight is 230 g/mol. The van der Waals surface area contributed by atoms with E-state index in [4.69, 9.17) is 5.73 Å². The summed E-state index contributed by atoms with van der Waals surface area (Å²) < 4.78 is 1.43. The van der Waals surface area contributed by atoms with Crippen molar-refractivity contribution in [2.45, 2.75) is 20.0 Å². The standard InChI is InChI=1S/C12H14N4O/c1-9-11(7-13)6-12(17)16(15-9)8-10-2-4-14-5-3-10/h2-6H,7-8,13H2,1H3. The summed E-state index contributed by atoms with van der Waals surface area (Å²) in [6.07, 6.45) is 3.39. The van der Waals surface area contributed by atoms with Crippen LogP contribution in [0.5, 0.6) is 0 Å². The Bertz CT molecular complexity index is 562. The first-order valence-electron chi connectivity index (χ1n) is 5.37. The van der Waals surface area contributed by atoms with Gasteiger partial charge >= 0.3 is 0 Å². The van der Waals surface area contributed by atoms with Gasteiger partial charge in [0, 0.05) is 25.0 Å². The van der Waals surface area contributed by atoms with Crippen molar-refractivity contribution in [3.05, 3.63) is 57.8 Å². The number of aryl methyl sites for hydroxylation is 1. The van der Waals surface area contributed by atoms with Crippen LogP contribution in [0, 0.1) is 6.92 Å². The van der Waals surface area contributed by atoms with Crippen LogP contribution in [0.4, 0.5) is 0 Å². The normalized spacial score (nSPS) is 10.5. The van der Waals surface area contributed by atoms with Crippen molar-refractivity contribution >= 4 is 0 Å². The van der Waals surface area contributed by atoms with E-state index in [1.807, 2.05) is 19.1 Å². The molecule has 5 nitrogen and oxygen atoms in total. The lowest BCUT2D eigenvalue weighted by Crippen LogP contribution is -2.25. The van der Waals surface area contributed by atoms with Crippen LogP contribution in [0.25, 0.3) is 0 Å². The zero-order chi connectivity index (χ0) is 12.3. The van der Waals surface area contributed by atoms with Crippen LogP contribution < -0.4 is 11.3 Å². The van der Waals surface area contributed by atoms with E-state index in [-0.39, 0.29) is 5.56 Å². The fourth-order valence-electron chi connectivity index (χ4n) is 1.60. The van der Waals surface area contributed by atoms with Crippen molar-refractivity contribution in [1.82, 2.24) is 14.8 Å². The van der Waals surface area contributed by atoms with Crippen LogP contribution >= 0.6 is 0 Å². The topological polar surface area (TPSA) is 73.8 Å². The number of hydrogen-bond acceptors (Lipinski definition) is 4. The quantitative estimate of drug-likeness (QED) is 0.831. The molecule has 0 bridgehead atoms. The van der Waals surface area contributed by atoms with Gasteiger partial charge in [-0.1, -0.05) is 0 Å². The maximum atomic E-state index is 11.8. The Kier molecular flexibility index (Phi) is 3.30. The summed E-state index contributed by atoms with van der Waals surface area (Å²) >= 11 is 0.